The molecule has 0 unspecified atom stereocenters. The van der Waals surface area contributed by atoms with Crippen molar-refractivity contribution in [2.24, 2.45) is 0 Å². The van der Waals surface area contributed by atoms with Crippen molar-refractivity contribution in [2.75, 3.05) is 11.1 Å². The number of hydrogen-bond donors (Lipinski definition) is 2. The second-order valence-electron chi connectivity index (χ2n) is 4.35. The van der Waals surface area contributed by atoms with Crippen LogP contribution in [0, 0.1) is 0 Å². The number of carbonyl (C=O) groups excluding carboxylic acids is 1. The van der Waals surface area contributed by atoms with E-state index in [0.717, 1.165) is 12.0 Å². The van der Waals surface area contributed by atoms with E-state index in [2.05, 4.69) is 5.32 Å². The minimum atomic E-state index is -0.318. The first-order chi connectivity index (χ1) is 9.51. The summed E-state index contributed by atoms with van der Waals surface area (Å²) in [5.74, 6) is -0.318. The van der Waals surface area contributed by atoms with Crippen LogP contribution in [0.5, 0.6) is 0 Å². The topological polar surface area (TPSA) is 55.1 Å². The summed E-state index contributed by atoms with van der Waals surface area (Å²) < 4.78 is 0. The van der Waals surface area contributed by atoms with Crippen molar-refractivity contribution < 1.29 is 4.79 Å². The lowest BCUT2D eigenvalue weighted by molar-refractivity contribution is 0.102. The molecule has 0 saturated heterocycles. The zero-order valence-corrected chi connectivity index (χ0v) is 12.4. The van der Waals surface area contributed by atoms with Crippen molar-refractivity contribution >= 4 is 40.5 Å². The second kappa shape index (κ2) is 6.16. The van der Waals surface area contributed by atoms with E-state index in [1.165, 1.54) is 6.07 Å². The van der Waals surface area contributed by atoms with E-state index >= 15 is 0 Å². The van der Waals surface area contributed by atoms with Gasteiger partial charge in [0.25, 0.3) is 5.91 Å². The average molecular weight is 309 g/mol. The molecule has 0 aliphatic carbocycles. The first-order valence-electron chi connectivity index (χ1n) is 6.16. The third kappa shape index (κ3) is 3.24. The van der Waals surface area contributed by atoms with Crippen LogP contribution >= 0.6 is 23.2 Å². The van der Waals surface area contributed by atoms with E-state index in [0.29, 0.717) is 27.0 Å². The molecule has 0 saturated carbocycles. The Morgan fingerprint density at radius 2 is 1.95 bits per heavy atom. The van der Waals surface area contributed by atoms with Crippen LogP contribution in [0.3, 0.4) is 0 Å². The molecule has 20 heavy (non-hydrogen) atoms. The summed E-state index contributed by atoms with van der Waals surface area (Å²) >= 11 is 11.9. The number of carbonyl (C=O) groups is 1. The molecule has 3 N–H and O–H groups in total. The van der Waals surface area contributed by atoms with Crippen LogP contribution in [0.25, 0.3) is 0 Å². The third-order valence-corrected chi connectivity index (χ3v) is 3.52. The van der Waals surface area contributed by atoms with Gasteiger partial charge in [-0.3, -0.25) is 4.79 Å². The Labute approximate surface area is 127 Å². The average Bonchev–Trinajstić information content (AvgIpc) is 2.41. The summed E-state index contributed by atoms with van der Waals surface area (Å²) in [5, 5.41) is 3.57. The molecule has 2 rings (SSSR count). The second-order valence-corrected chi connectivity index (χ2v) is 5.19. The highest BCUT2D eigenvalue weighted by Gasteiger charge is 2.11. The van der Waals surface area contributed by atoms with Crippen LogP contribution in [-0.2, 0) is 6.42 Å². The highest BCUT2D eigenvalue weighted by molar-refractivity contribution is 6.36. The molecule has 0 aliphatic heterocycles. The molecule has 0 atom stereocenters. The van der Waals surface area contributed by atoms with Crippen molar-refractivity contribution in [3.05, 3.63) is 57.6 Å². The third-order valence-electron chi connectivity index (χ3n) is 2.96. The van der Waals surface area contributed by atoms with Crippen molar-refractivity contribution in [3.8, 4) is 0 Å². The number of benzene rings is 2. The maximum absolute atomic E-state index is 12.2. The molecular formula is C15H14Cl2N2O. The van der Waals surface area contributed by atoms with Crippen LogP contribution in [0.2, 0.25) is 10.0 Å². The number of aryl methyl sites for hydroxylation is 1. The molecule has 0 spiro atoms. The maximum Gasteiger partial charge on any atom is 0.257 e. The predicted molar refractivity (Wildman–Crippen MR) is 84.6 cm³/mol. The van der Waals surface area contributed by atoms with Crippen molar-refractivity contribution in [2.45, 2.75) is 13.3 Å². The zero-order valence-electron chi connectivity index (χ0n) is 10.9. The fraction of sp³-hybridized carbons (Fsp3) is 0.133. The largest absolute Gasteiger partial charge is 0.398 e. The molecule has 2 aromatic rings. The molecular weight excluding hydrogens is 295 g/mol. The number of nitrogens with one attached hydrogen (secondary N) is 1. The van der Waals surface area contributed by atoms with Crippen LogP contribution in [-0.4, -0.2) is 5.91 Å². The van der Waals surface area contributed by atoms with Gasteiger partial charge in [-0.15, -0.1) is 0 Å². The molecule has 2 aromatic carbocycles. The number of anilines is 2. The summed E-state index contributed by atoms with van der Waals surface area (Å²) in [5.41, 5.74) is 8.56. The predicted octanol–water partition coefficient (Wildman–Crippen LogP) is 4.39. The number of nitrogen functional groups attached to an aromatic ring is 1. The van der Waals surface area contributed by atoms with Gasteiger partial charge in [0.15, 0.2) is 0 Å². The summed E-state index contributed by atoms with van der Waals surface area (Å²) in [6.45, 7) is 2.02. The van der Waals surface area contributed by atoms with Crippen LogP contribution in [0.15, 0.2) is 36.4 Å². The zero-order chi connectivity index (χ0) is 14.7. The molecule has 3 nitrogen and oxygen atoms in total. The summed E-state index contributed by atoms with van der Waals surface area (Å²) in [6, 6.07) is 10.2. The standard InChI is InChI=1S/C15H14Cl2N2O/c1-2-9-3-5-11(8-14(9)18)19-15(20)12-7-10(16)4-6-13(12)17/h3-8H,2,18H2,1H3,(H,19,20). The van der Waals surface area contributed by atoms with Gasteiger partial charge in [0.2, 0.25) is 0 Å². The van der Waals surface area contributed by atoms with Gasteiger partial charge in [0, 0.05) is 16.4 Å². The quantitative estimate of drug-likeness (QED) is 0.826. The van der Waals surface area contributed by atoms with Gasteiger partial charge >= 0.3 is 0 Å². The lowest BCUT2D eigenvalue weighted by Gasteiger charge is -2.09. The van der Waals surface area contributed by atoms with E-state index in [1.807, 2.05) is 19.1 Å². The lowest BCUT2D eigenvalue weighted by atomic mass is 10.1. The van der Waals surface area contributed by atoms with Crippen molar-refractivity contribution in [1.29, 1.82) is 0 Å². The normalized spacial score (nSPS) is 10.3. The summed E-state index contributed by atoms with van der Waals surface area (Å²) in [7, 11) is 0. The molecule has 0 bridgehead atoms. The Balaban J connectivity index is 2.23. The molecule has 0 fully saturated rings. The van der Waals surface area contributed by atoms with E-state index in [9.17, 15) is 4.79 Å². The van der Waals surface area contributed by atoms with E-state index in [4.69, 9.17) is 28.9 Å². The first-order valence-corrected chi connectivity index (χ1v) is 6.91. The highest BCUT2D eigenvalue weighted by atomic mass is 35.5. The lowest BCUT2D eigenvalue weighted by Crippen LogP contribution is -2.12. The number of hydrogen-bond acceptors (Lipinski definition) is 2. The Hall–Kier alpha value is -1.71. The number of amides is 1. The van der Waals surface area contributed by atoms with E-state index < -0.39 is 0 Å². The number of halogens is 2. The van der Waals surface area contributed by atoms with Crippen molar-refractivity contribution in [3.63, 3.8) is 0 Å². The van der Waals surface area contributed by atoms with Crippen molar-refractivity contribution in [1.82, 2.24) is 0 Å². The molecule has 1 amide bonds. The van der Waals surface area contributed by atoms with E-state index in [1.54, 1.807) is 18.2 Å². The van der Waals surface area contributed by atoms with Gasteiger partial charge in [-0.2, -0.15) is 0 Å². The van der Waals surface area contributed by atoms with Gasteiger partial charge in [0.05, 0.1) is 10.6 Å². The summed E-state index contributed by atoms with van der Waals surface area (Å²) in [4.78, 5) is 12.2. The van der Waals surface area contributed by atoms with Gasteiger partial charge in [-0.25, -0.2) is 0 Å². The minimum absolute atomic E-state index is 0.318. The molecule has 0 aromatic heterocycles. The van der Waals surface area contributed by atoms with Crippen LogP contribution < -0.4 is 11.1 Å². The fourth-order valence-electron chi connectivity index (χ4n) is 1.86. The molecule has 5 heteroatoms. The molecule has 0 heterocycles. The SMILES string of the molecule is CCc1ccc(NC(=O)c2cc(Cl)ccc2Cl)cc1N. The van der Waals surface area contributed by atoms with Gasteiger partial charge in [0.1, 0.15) is 0 Å². The van der Waals surface area contributed by atoms with Gasteiger partial charge < -0.3 is 11.1 Å². The van der Waals surface area contributed by atoms with Crippen LogP contribution in [0.4, 0.5) is 11.4 Å². The fourth-order valence-corrected chi connectivity index (χ4v) is 2.24. The van der Waals surface area contributed by atoms with E-state index in [-0.39, 0.29) is 5.91 Å². The Kier molecular flexibility index (Phi) is 4.53. The van der Waals surface area contributed by atoms with Gasteiger partial charge in [-0.05, 0) is 42.3 Å². The molecule has 0 aliphatic rings. The Bertz CT molecular complexity index is 656. The number of nitrogens with two attached hydrogens (primary N) is 1. The Morgan fingerprint density at radius 1 is 1.20 bits per heavy atom. The highest BCUT2D eigenvalue weighted by Crippen LogP contribution is 2.23. The monoisotopic (exact) mass is 308 g/mol. The number of rotatable bonds is 3. The molecule has 104 valence electrons. The minimum Gasteiger partial charge on any atom is -0.398 e. The molecule has 0 radical (unpaired) electrons. The summed E-state index contributed by atoms with van der Waals surface area (Å²) in [6.07, 6.45) is 0.847. The maximum atomic E-state index is 12.2. The van der Waals surface area contributed by atoms with Crippen LogP contribution in [0.1, 0.15) is 22.8 Å². The smallest absolute Gasteiger partial charge is 0.257 e. The Morgan fingerprint density at radius 3 is 2.60 bits per heavy atom. The first kappa shape index (κ1) is 14.7. The van der Waals surface area contributed by atoms with Gasteiger partial charge in [-0.1, -0.05) is 36.2 Å².